The average molecular weight is 222 g/mol. The Morgan fingerprint density at radius 1 is 1.44 bits per heavy atom. The van der Waals surface area contributed by atoms with Crippen molar-refractivity contribution in [2.24, 2.45) is 0 Å². The van der Waals surface area contributed by atoms with Crippen LogP contribution in [0.25, 0.3) is 0 Å². The van der Waals surface area contributed by atoms with Crippen molar-refractivity contribution in [1.82, 2.24) is 4.90 Å². The van der Waals surface area contributed by atoms with Gasteiger partial charge < -0.3 is 15.4 Å². The van der Waals surface area contributed by atoms with E-state index in [0.717, 1.165) is 13.0 Å². The lowest BCUT2D eigenvalue weighted by molar-refractivity contribution is -0.132. The van der Waals surface area contributed by atoms with E-state index in [9.17, 15) is 4.79 Å². The number of carbonyl (C=O) groups excluding carboxylic acids is 1. The number of hydrogen-bond acceptors (Lipinski definition) is 3. The zero-order valence-electron chi connectivity index (χ0n) is 9.77. The molecular weight excluding hydrogens is 204 g/mol. The number of hydrogen-bond donors (Lipinski definition) is 1. The molecule has 0 heterocycles. The molecule has 1 rings (SSSR count). The number of carbonyl (C=O) groups is 1. The lowest BCUT2D eigenvalue weighted by Gasteiger charge is -2.16. The average Bonchev–Trinajstić information content (AvgIpc) is 2.28. The number of nitrogens with two attached hydrogens (primary N) is 1. The topological polar surface area (TPSA) is 55.6 Å². The Labute approximate surface area is 96.0 Å². The highest BCUT2D eigenvalue weighted by atomic mass is 16.5. The maximum absolute atomic E-state index is 11.6. The number of anilines is 1. The van der Waals surface area contributed by atoms with Crippen molar-refractivity contribution < 1.29 is 9.53 Å². The molecule has 0 aliphatic heterocycles. The van der Waals surface area contributed by atoms with E-state index in [2.05, 4.69) is 0 Å². The largest absolute Gasteiger partial charge is 0.482 e. The Hall–Kier alpha value is -1.71. The first-order valence-corrected chi connectivity index (χ1v) is 5.36. The van der Waals surface area contributed by atoms with E-state index in [4.69, 9.17) is 10.5 Å². The van der Waals surface area contributed by atoms with Gasteiger partial charge in [-0.3, -0.25) is 4.79 Å². The van der Waals surface area contributed by atoms with Crippen LogP contribution in [0, 0.1) is 0 Å². The molecule has 0 unspecified atom stereocenters. The highest BCUT2D eigenvalue weighted by Crippen LogP contribution is 2.19. The van der Waals surface area contributed by atoms with Crippen LogP contribution in [0.15, 0.2) is 24.3 Å². The standard InChI is InChI=1S/C12H18N2O2/c1-3-8-14(2)12(15)9-16-11-7-5-4-6-10(11)13/h4-7H,3,8-9,13H2,1-2H3. The van der Waals surface area contributed by atoms with Gasteiger partial charge in [-0.15, -0.1) is 0 Å². The van der Waals surface area contributed by atoms with E-state index in [1.165, 1.54) is 0 Å². The third-order valence-corrected chi connectivity index (χ3v) is 2.25. The number of benzene rings is 1. The van der Waals surface area contributed by atoms with E-state index in [0.29, 0.717) is 11.4 Å². The Kier molecular flexibility index (Phi) is 4.64. The predicted molar refractivity (Wildman–Crippen MR) is 64.3 cm³/mol. The minimum atomic E-state index is -0.0369. The number of nitrogen functional groups attached to an aromatic ring is 1. The van der Waals surface area contributed by atoms with Crippen molar-refractivity contribution in [2.45, 2.75) is 13.3 Å². The number of amides is 1. The van der Waals surface area contributed by atoms with Gasteiger partial charge in [-0.05, 0) is 18.6 Å². The molecule has 0 aliphatic carbocycles. The molecule has 0 bridgehead atoms. The molecule has 0 aliphatic rings. The van der Waals surface area contributed by atoms with Crippen molar-refractivity contribution in [1.29, 1.82) is 0 Å². The molecule has 0 saturated carbocycles. The van der Waals surface area contributed by atoms with Crippen molar-refractivity contribution in [3.05, 3.63) is 24.3 Å². The maximum atomic E-state index is 11.6. The Balaban J connectivity index is 2.46. The van der Waals surface area contributed by atoms with Crippen LogP contribution in [0.1, 0.15) is 13.3 Å². The van der Waals surface area contributed by atoms with Crippen LogP contribution < -0.4 is 10.5 Å². The summed E-state index contributed by atoms with van der Waals surface area (Å²) in [5.74, 6) is 0.519. The lowest BCUT2D eigenvalue weighted by Crippen LogP contribution is -2.32. The fraction of sp³-hybridized carbons (Fsp3) is 0.417. The van der Waals surface area contributed by atoms with Gasteiger partial charge in [-0.25, -0.2) is 0 Å². The predicted octanol–water partition coefficient (Wildman–Crippen LogP) is 1.52. The number of para-hydroxylation sites is 2. The first kappa shape index (κ1) is 12.4. The monoisotopic (exact) mass is 222 g/mol. The summed E-state index contributed by atoms with van der Waals surface area (Å²) in [6.07, 6.45) is 0.940. The molecule has 88 valence electrons. The number of rotatable bonds is 5. The van der Waals surface area contributed by atoms with Crippen LogP contribution in [-0.4, -0.2) is 31.0 Å². The fourth-order valence-corrected chi connectivity index (χ4v) is 1.32. The van der Waals surface area contributed by atoms with Crippen molar-refractivity contribution in [3.63, 3.8) is 0 Å². The van der Waals surface area contributed by atoms with Gasteiger partial charge in [0.1, 0.15) is 5.75 Å². The lowest BCUT2D eigenvalue weighted by atomic mass is 10.3. The van der Waals surface area contributed by atoms with E-state index in [-0.39, 0.29) is 12.5 Å². The Morgan fingerprint density at radius 3 is 2.75 bits per heavy atom. The molecule has 0 saturated heterocycles. The molecule has 16 heavy (non-hydrogen) atoms. The van der Waals surface area contributed by atoms with Crippen molar-refractivity contribution >= 4 is 11.6 Å². The van der Waals surface area contributed by atoms with Crippen LogP contribution in [0.4, 0.5) is 5.69 Å². The molecule has 0 atom stereocenters. The molecule has 0 fully saturated rings. The summed E-state index contributed by atoms with van der Waals surface area (Å²) in [7, 11) is 1.77. The number of nitrogens with zero attached hydrogens (tertiary/aromatic N) is 1. The summed E-state index contributed by atoms with van der Waals surface area (Å²) in [5, 5.41) is 0. The number of likely N-dealkylation sites (N-methyl/N-ethyl adjacent to an activating group) is 1. The maximum Gasteiger partial charge on any atom is 0.260 e. The van der Waals surface area contributed by atoms with Crippen LogP contribution in [0.5, 0.6) is 5.75 Å². The fourth-order valence-electron chi connectivity index (χ4n) is 1.32. The minimum Gasteiger partial charge on any atom is -0.482 e. The van der Waals surface area contributed by atoms with Gasteiger partial charge in [0.25, 0.3) is 5.91 Å². The molecule has 0 radical (unpaired) electrons. The van der Waals surface area contributed by atoms with Gasteiger partial charge in [0.05, 0.1) is 5.69 Å². The van der Waals surface area contributed by atoms with Gasteiger partial charge >= 0.3 is 0 Å². The van der Waals surface area contributed by atoms with Crippen molar-refractivity contribution in [2.75, 3.05) is 25.9 Å². The van der Waals surface area contributed by atoms with Gasteiger partial charge in [-0.1, -0.05) is 19.1 Å². The minimum absolute atomic E-state index is 0.0325. The van der Waals surface area contributed by atoms with Gasteiger partial charge in [-0.2, -0.15) is 0 Å². The summed E-state index contributed by atoms with van der Waals surface area (Å²) < 4.78 is 5.35. The molecule has 2 N–H and O–H groups in total. The van der Waals surface area contributed by atoms with Crippen LogP contribution in [0.2, 0.25) is 0 Å². The first-order valence-electron chi connectivity index (χ1n) is 5.36. The summed E-state index contributed by atoms with van der Waals surface area (Å²) in [4.78, 5) is 13.2. The highest BCUT2D eigenvalue weighted by Gasteiger charge is 2.09. The van der Waals surface area contributed by atoms with Gasteiger partial charge in [0.2, 0.25) is 0 Å². The summed E-state index contributed by atoms with van der Waals surface area (Å²) in [6, 6.07) is 7.15. The second-order valence-corrected chi connectivity index (χ2v) is 3.64. The van der Waals surface area contributed by atoms with E-state index < -0.39 is 0 Å². The third-order valence-electron chi connectivity index (χ3n) is 2.25. The summed E-state index contributed by atoms with van der Waals surface area (Å²) in [5.41, 5.74) is 6.24. The van der Waals surface area contributed by atoms with Gasteiger partial charge in [0, 0.05) is 13.6 Å². The zero-order valence-corrected chi connectivity index (χ0v) is 9.77. The van der Waals surface area contributed by atoms with Gasteiger partial charge in [0.15, 0.2) is 6.61 Å². The van der Waals surface area contributed by atoms with Crippen LogP contribution in [0.3, 0.4) is 0 Å². The normalized spacial score (nSPS) is 9.88. The van der Waals surface area contributed by atoms with E-state index in [1.807, 2.05) is 19.1 Å². The molecule has 4 nitrogen and oxygen atoms in total. The molecule has 4 heteroatoms. The van der Waals surface area contributed by atoms with E-state index in [1.54, 1.807) is 24.1 Å². The van der Waals surface area contributed by atoms with Crippen molar-refractivity contribution in [3.8, 4) is 5.75 Å². The zero-order chi connectivity index (χ0) is 12.0. The second kappa shape index (κ2) is 6.00. The SMILES string of the molecule is CCCN(C)C(=O)COc1ccccc1N. The molecule has 1 aromatic carbocycles. The third kappa shape index (κ3) is 3.46. The first-order chi connectivity index (χ1) is 7.65. The van der Waals surface area contributed by atoms with Crippen LogP contribution in [-0.2, 0) is 4.79 Å². The van der Waals surface area contributed by atoms with Crippen LogP contribution >= 0.6 is 0 Å². The molecule has 0 spiro atoms. The molecule has 1 aromatic rings. The highest BCUT2D eigenvalue weighted by molar-refractivity contribution is 5.77. The molecule has 1 amide bonds. The Bertz CT molecular complexity index is 353. The molecule has 0 aromatic heterocycles. The summed E-state index contributed by atoms with van der Waals surface area (Å²) in [6.45, 7) is 2.80. The second-order valence-electron chi connectivity index (χ2n) is 3.64. The summed E-state index contributed by atoms with van der Waals surface area (Å²) >= 11 is 0. The molecular formula is C12H18N2O2. The Morgan fingerprint density at radius 2 is 2.12 bits per heavy atom. The quantitative estimate of drug-likeness (QED) is 0.768. The smallest absolute Gasteiger partial charge is 0.260 e. The number of ether oxygens (including phenoxy) is 1. The van der Waals surface area contributed by atoms with E-state index >= 15 is 0 Å².